The van der Waals surface area contributed by atoms with Gasteiger partial charge >= 0.3 is 0 Å². The van der Waals surface area contributed by atoms with E-state index < -0.39 is 4.92 Å². The van der Waals surface area contributed by atoms with Gasteiger partial charge in [-0.05, 0) is 41.5 Å². The van der Waals surface area contributed by atoms with Crippen LogP contribution in [0, 0.1) is 19.6 Å². The summed E-state index contributed by atoms with van der Waals surface area (Å²) in [5.74, 6) is -0.577. The Morgan fingerprint density at radius 2 is 2.08 bits per heavy atom. The molecule has 1 aliphatic rings. The van der Waals surface area contributed by atoms with Gasteiger partial charge in [0.05, 0.1) is 10.5 Å². The van der Waals surface area contributed by atoms with Gasteiger partial charge < -0.3 is 10.2 Å². The Balaban J connectivity index is 1.62. The first kappa shape index (κ1) is 18.6. The highest BCUT2D eigenvalue weighted by molar-refractivity contribution is 14.1. The summed E-state index contributed by atoms with van der Waals surface area (Å²) >= 11 is 3.24. The van der Waals surface area contributed by atoms with Crippen molar-refractivity contribution in [3.8, 4) is 0 Å². The van der Waals surface area contributed by atoms with Gasteiger partial charge in [-0.15, -0.1) is 10.2 Å². The summed E-state index contributed by atoms with van der Waals surface area (Å²) in [5.41, 5.74) is 1.74. The zero-order valence-electron chi connectivity index (χ0n) is 13.4. The van der Waals surface area contributed by atoms with Crippen molar-refractivity contribution in [1.29, 1.82) is 0 Å². The lowest BCUT2D eigenvalue weighted by Gasteiger charge is -2.31. The normalized spacial score (nSPS) is 14.9. The minimum Gasteiger partial charge on any atom is -0.339 e. The van der Waals surface area contributed by atoms with Gasteiger partial charge in [-0.25, -0.2) is 0 Å². The van der Waals surface area contributed by atoms with E-state index in [2.05, 4.69) is 15.5 Å². The number of hydrogen-bond acceptors (Lipinski definition) is 7. The number of non-ortho nitro benzene ring substituents is 1. The molecule has 3 rings (SSSR count). The highest BCUT2D eigenvalue weighted by Crippen LogP contribution is 2.25. The number of nitrogens with one attached hydrogen (secondary N) is 1. The Kier molecular flexibility index (Phi) is 5.76. The molecule has 1 saturated heterocycles. The minimum atomic E-state index is -0.517. The van der Waals surface area contributed by atoms with Crippen LogP contribution in [0.2, 0.25) is 0 Å². The molecule has 1 aromatic carbocycles. The molecule has 0 bridgehead atoms. The first-order valence-corrected chi connectivity index (χ1v) is 9.72. The van der Waals surface area contributed by atoms with E-state index >= 15 is 0 Å². The molecule has 0 aliphatic carbocycles. The number of anilines is 1. The molecule has 1 N–H and O–H groups in total. The molecule has 136 valence electrons. The lowest BCUT2D eigenvalue weighted by atomic mass is 9.95. The van der Waals surface area contributed by atoms with Crippen LogP contribution in [0.5, 0.6) is 0 Å². The van der Waals surface area contributed by atoms with Crippen LogP contribution in [0.15, 0.2) is 23.7 Å². The Bertz CT molecular complexity index is 837. The number of nitrogens with zero attached hydrogens (tertiary/aromatic N) is 4. The zero-order valence-corrected chi connectivity index (χ0v) is 16.4. The number of carbonyl (C=O) groups is 2. The second-order valence-corrected chi connectivity index (χ2v) is 7.72. The predicted molar refractivity (Wildman–Crippen MR) is 103 cm³/mol. The number of hydrogen-bond donors (Lipinski definition) is 1. The zero-order chi connectivity index (χ0) is 18.7. The largest absolute Gasteiger partial charge is 0.339 e. The van der Waals surface area contributed by atoms with E-state index in [9.17, 15) is 19.7 Å². The van der Waals surface area contributed by atoms with Gasteiger partial charge in [0, 0.05) is 34.7 Å². The molecule has 2 amide bonds. The number of nitro groups is 1. The SMILES string of the molecule is O=C(Nc1nncs1)C1CCN(C(=O)c2cc([N+](=O)[O-])ccc2I)CC1. The number of aromatic nitrogens is 2. The lowest BCUT2D eigenvalue weighted by molar-refractivity contribution is -0.384. The summed E-state index contributed by atoms with van der Waals surface area (Å²) < 4.78 is 0.661. The monoisotopic (exact) mass is 487 g/mol. The maximum atomic E-state index is 12.7. The van der Waals surface area contributed by atoms with E-state index in [1.807, 2.05) is 22.6 Å². The summed E-state index contributed by atoms with van der Waals surface area (Å²) in [7, 11) is 0. The quantitative estimate of drug-likeness (QED) is 0.403. The van der Waals surface area contributed by atoms with E-state index in [4.69, 9.17) is 0 Å². The molecule has 2 heterocycles. The van der Waals surface area contributed by atoms with Crippen LogP contribution in [0.3, 0.4) is 0 Å². The summed E-state index contributed by atoms with van der Waals surface area (Å²) in [6.45, 7) is 0.845. The van der Waals surface area contributed by atoms with E-state index in [1.165, 1.54) is 29.0 Å². The average Bonchev–Trinajstić information content (AvgIpc) is 3.14. The van der Waals surface area contributed by atoms with Crippen LogP contribution in [-0.4, -0.2) is 44.9 Å². The lowest BCUT2D eigenvalue weighted by Crippen LogP contribution is -2.41. The molecule has 26 heavy (non-hydrogen) atoms. The molecule has 11 heteroatoms. The van der Waals surface area contributed by atoms with Gasteiger partial charge in [0.15, 0.2) is 0 Å². The molecular weight excluding hydrogens is 473 g/mol. The van der Waals surface area contributed by atoms with E-state index in [0.717, 1.165) is 0 Å². The standard InChI is InChI=1S/C15H14IN5O4S/c16-12-2-1-10(21(24)25)7-11(12)14(23)20-5-3-9(4-6-20)13(22)18-15-19-17-8-26-15/h1-2,7-9H,3-6H2,(H,18,19,22). The second-order valence-electron chi connectivity index (χ2n) is 5.72. The minimum absolute atomic E-state index is 0.111. The highest BCUT2D eigenvalue weighted by Gasteiger charge is 2.29. The average molecular weight is 487 g/mol. The smallest absolute Gasteiger partial charge is 0.270 e. The summed E-state index contributed by atoms with van der Waals surface area (Å²) in [4.78, 5) is 37.0. The molecule has 0 saturated carbocycles. The Hall–Kier alpha value is -2.15. The van der Waals surface area contributed by atoms with Gasteiger partial charge in [-0.2, -0.15) is 0 Å². The van der Waals surface area contributed by atoms with E-state index in [0.29, 0.717) is 40.2 Å². The van der Waals surface area contributed by atoms with Crippen molar-refractivity contribution in [1.82, 2.24) is 15.1 Å². The van der Waals surface area contributed by atoms with Crippen molar-refractivity contribution >= 4 is 56.6 Å². The molecule has 1 fully saturated rings. The molecule has 2 aromatic rings. The number of piperidine rings is 1. The summed E-state index contributed by atoms with van der Waals surface area (Å²) in [5, 5.41) is 21.6. The van der Waals surface area contributed by atoms with Crippen molar-refractivity contribution in [2.45, 2.75) is 12.8 Å². The van der Waals surface area contributed by atoms with Gasteiger partial charge in [-0.1, -0.05) is 11.3 Å². The van der Waals surface area contributed by atoms with Crippen LogP contribution in [-0.2, 0) is 4.79 Å². The van der Waals surface area contributed by atoms with Gasteiger partial charge in [0.2, 0.25) is 11.0 Å². The molecule has 0 radical (unpaired) electrons. The first-order valence-electron chi connectivity index (χ1n) is 7.76. The Morgan fingerprint density at radius 3 is 2.69 bits per heavy atom. The number of carbonyl (C=O) groups excluding carboxylic acids is 2. The van der Waals surface area contributed by atoms with Crippen LogP contribution in [0.25, 0.3) is 0 Å². The Morgan fingerprint density at radius 1 is 1.35 bits per heavy atom. The second kappa shape index (κ2) is 8.03. The molecule has 1 aliphatic heterocycles. The van der Waals surface area contributed by atoms with Crippen molar-refractivity contribution < 1.29 is 14.5 Å². The van der Waals surface area contributed by atoms with Gasteiger partial charge in [0.1, 0.15) is 5.51 Å². The van der Waals surface area contributed by atoms with E-state index in [-0.39, 0.29) is 23.4 Å². The maximum absolute atomic E-state index is 12.7. The van der Waals surface area contributed by atoms with Crippen molar-refractivity contribution in [3.63, 3.8) is 0 Å². The fourth-order valence-electron chi connectivity index (χ4n) is 2.74. The van der Waals surface area contributed by atoms with Gasteiger partial charge in [-0.3, -0.25) is 19.7 Å². The first-order chi connectivity index (χ1) is 12.5. The number of nitro benzene ring substituents is 1. The van der Waals surface area contributed by atoms with Crippen molar-refractivity contribution in [2.24, 2.45) is 5.92 Å². The fraction of sp³-hybridized carbons (Fsp3) is 0.333. The highest BCUT2D eigenvalue weighted by atomic mass is 127. The summed E-state index contributed by atoms with van der Waals surface area (Å²) in [6, 6.07) is 4.25. The molecule has 9 nitrogen and oxygen atoms in total. The number of halogens is 1. The Labute approximate surface area is 166 Å². The summed E-state index contributed by atoms with van der Waals surface area (Å²) in [6.07, 6.45) is 1.06. The van der Waals surface area contributed by atoms with Crippen molar-refractivity contribution in [3.05, 3.63) is 43.0 Å². The fourth-order valence-corrected chi connectivity index (χ4v) is 3.75. The molecular formula is C15H14IN5O4S. The third kappa shape index (κ3) is 4.15. The number of benzene rings is 1. The van der Waals surface area contributed by atoms with Crippen LogP contribution < -0.4 is 5.32 Å². The van der Waals surface area contributed by atoms with Crippen molar-refractivity contribution in [2.75, 3.05) is 18.4 Å². The van der Waals surface area contributed by atoms with Crippen LogP contribution in [0.1, 0.15) is 23.2 Å². The van der Waals surface area contributed by atoms with Crippen LogP contribution in [0.4, 0.5) is 10.8 Å². The van der Waals surface area contributed by atoms with E-state index in [1.54, 1.807) is 11.0 Å². The number of likely N-dealkylation sites (tertiary alicyclic amines) is 1. The molecule has 0 atom stereocenters. The molecule has 0 spiro atoms. The third-order valence-electron chi connectivity index (χ3n) is 4.13. The molecule has 0 unspecified atom stereocenters. The number of rotatable bonds is 4. The van der Waals surface area contributed by atoms with Crippen LogP contribution >= 0.6 is 33.9 Å². The predicted octanol–water partition coefficient (Wildman–Crippen LogP) is 2.54. The van der Waals surface area contributed by atoms with Gasteiger partial charge in [0.25, 0.3) is 11.6 Å². The topological polar surface area (TPSA) is 118 Å². The third-order valence-corrected chi connectivity index (χ3v) is 5.68. The number of amides is 2. The maximum Gasteiger partial charge on any atom is 0.270 e. The molecule has 1 aromatic heterocycles.